The van der Waals surface area contributed by atoms with Gasteiger partial charge in [0.05, 0.1) is 30.8 Å². The molecule has 1 amide bonds. The van der Waals surface area contributed by atoms with Crippen LogP contribution in [-0.4, -0.2) is 150 Å². The van der Waals surface area contributed by atoms with Crippen LogP contribution in [0.2, 0.25) is 0 Å². The summed E-state index contributed by atoms with van der Waals surface area (Å²) in [7, 11) is 3.36. The van der Waals surface area contributed by atoms with Gasteiger partial charge in [0.1, 0.15) is 36.1 Å². The van der Waals surface area contributed by atoms with Crippen LogP contribution in [0.25, 0.3) is 0 Å². The van der Waals surface area contributed by atoms with Crippen LogP contribution in [-0.2, 0) is 23.7 Å². The SMILES string of the molecule is CNC[C@@H]1CC[C@@H](N)[C@@H](O[C@H]2[C@@H](O)[C@@H](O[C@H]3OC[C@](C)(O)[C@H](NC)[C@H]3O)[C@H](NC(=O)[C@@H](O)[C@H](O)CN)C[C@@H]2N)O1. The van der Waals surface area contributed by atoms with Gasteiger partial charge in [-0.2, -0.15) is 0 Å². The lowest BCUT2D eigenvalue weighted by Gasteiger charge is -2.49. The van der Waals surface area contributed by atoms with E-state index >= 15 is 0 Å². The Hall–Kier alpha value is -1.09. The fourth-order valence-corrected chi connectivity index (χ4v) is 5.57. The van der Waals surface area contributed by atoms with Crippen LogP contribution in [0.4, 0.5) is 0 Å². The Morgan fingerprint density at radius 2 is 1.75 bits per heavy atom. The molecule has 0 aromatic rings. The second-order valence-electron chi connectivity index (χ2n) is 11.2. The molecule has 0 aromatic heterocycles. The van der Waals surface area contributed by atoms with Crippen LogP contribution in [0.15, 0.2) is 0 Å². The molecule has 14 N–H and O–H groups in total. The number of rotatable bonds is 11. The Morgan fingerprint density at radius 1 is 1.07 bits per heavy atom. The number of carbonyl (C=O) groups excluding carboxylic acids is 1. The summed E-state index contributed by atoms with van der Waals surface area (Å²) >= 11 is 0. The summed E-state index contributed by atoms with van der Waals surface area (Å²) in [6.07, 6.45) is -9.48. The molecular weight excluding hydrogens is 532 g/mol. The highest BCUT2D eigenvalue weighted by molar-refractivity contribution is 5.81. The van der Waals surface area contributed by atoms with E-state index in [1.807, 2.05) is 0 Å². The first-order valence-corrected chi connectivity index (χ1v) is 13.7. The third-order valence-corrected chi connectivity index (χ3v) is 7.87. The Bertz CT molecular complexity index is 814. The van der Waals surface area contributed by atoms with Crippen molar-refractivity contribution in [1.29, 1.82) is 0 Å². The molecule has 1 saturated carbocycles. The zero-order chi connectivity index (χ0) is 29.8. The van der Waals surface area contributed by atoms with Crippen LogP contribution in [0, 0.1) is 0 Å². The van der Waals surface area contributed by atoms with Crippen molar-refractivity contribution in [2.75, 3.05) is 33.8 Å². The van der Waals surface area contributed by atoms with Crippen molar-refractivity contribution in [3.8, 4) is 0 Å². The molecule has 2 aliphatic heterocycles. The number of aliphatic hydroxyl groups excluding tert-OH is 4. The Labute approximate surface area is 233 Å². The molecule has 0 bridgehead atoms. The van der Waals surface area contributed by atoms with E-state index < -0.39 is 84.9 Å². The normalized spacial score (nSPS) is 44.1. The molecule has 0 radical (unpaired) electrons. The van der Waals surface area contributed by atoms with Crippen LogP contribution >= 0.6 is 0 Å². The highest BCUT2D eigenvalue weighted by Crippen LogP contribution is 2.32. The fourth-order valence-electron chi connectivity index (χ4n) is 5.57. The minimum atomic E-state index is -1.84. The molecule has 3 fully saturated rings. The van der Waals surface area contributed by atoms with E-state index in [1.54, 1.807) is 14.1 Å². The minimum Gasteiger partial charge on any atom is -0.389 e. The van der Waals surface area contributed by atoms with Crippen molar-refractivity contribution >= 4 is 5.91 Å². The van der Waals surface area contributed by atoms with Crippen molar-refractivity contribution in [3.63, 3.8) is 0 Å². The lowest BCUT2D eigenvalue weighted by molar-refractivity contribution is -0.307. The first-order chi connectivity index (χ1) is 18.8. The minimum absolute atomic E-state index is 0.0153. The molecule has 2 saturated heterocycles. The molecule has 3 aliphatic rings. The number of nitrogens with two attached hydrogens (primary N) is 3. The molecule has 0 aromatic carbocycles. The van der Waals surface area contributed by atoms with Gasteiger partial charge in [-0.3, -0.25) is 4.79 Å². The number of hydrogen-bond acceptors (Lipinski definition) is 15. The largest absolute Gasteiger partial charge is 0.389 e. The van der Waals surface area contributed by atoms with E-state index in [0.717, 1.165) is 6.42 Å². The van der Waals surface area contributed by atoms with E-state index in [9.17, 15) is 30.3 Å². The first-order valence-electron chi connectivity index (χ1n) is 13.7. The number of nitrogens with one attached hydrogen (secondary N) is 3. The number of carbonyl (C=O) groups is 1. The maximum Gasteiger partial charge on any atom is 0.251 e. The van der Waals surface area contributed by atoms with Gasteiger partial charge in [-0.15, -0.1) is 0 Å². The zero-order valence-corrected chi connectivity index (χ0v) is 23.3. The molecule has 16 nitrogen and oxygen atoms in total. The average Bonchev–Trinajstić information content (AvgIpc) is 2.90. The van der Waals surface area contributed by atoms with Gasteiger partial charge in [0.25, 0.3) is 5.91 Å². The van der Waals surface area contributed by atoms with Crippen molar-refractivity contribution in [3.05, 3.63) is 0 Å². The highest BCUT2D eigenvalue weighted by Gasteiger charge is 2.52. The molecule has 0 unspecified atom stereocenters. The van der Waals surface area contributed by atoms with Crippen molar-refractivity contribution in [2.45, 2.75) is 111 Å². The predicted octanol–water partition coefficient (Wildman–Crippen LogP) is -5.88. The monoisotopic (exact) mass is 580 g/mol. The lowest BCUT2D eigenvalue weighted by Crippen LogP contribution is -2.69. The molecule has 40 heavy (non-hydrogen) atoms. The summed E-state index contributed by atoms with van der Waals surface area (Å²) in [5.41, 5.74) is 16.6. The highest BCUT2D eigenvalue weighted by atomic mass is 16.7. The second kappa shape index (κ2) is 14.4. The van der Waals surface area contributed by atoms with Crippen molar-refractivity contribution in [2.24, 2.45) is 17.2 Å². The van der Waals surface area contributed by atoms with E-state index in [0.29, 0.717) is 13.0 Å². The Morgan fingerprint density at radius 3 is 2.38 bits per heavy atom. The van der Waals surface area contributed by atoms with Crippen molar-refractivity contribution < 1.29 is 49.3 Å². The zero-order valence-electron chi connectivity index (χ0n) is 23.3. The quantitative estimate of drug-likeness (QED) is 0.109. The third kappa shape index (κ3) is 7.64. The van der Waals surface area contributed by atoms with Gasteiger partial charge in [-0.1, -0.05) is 0 Å². The summed E-state index contributed by atoms with van der Waals surface area (Å²) in [5, 5.41) is 61.4. The summed E-state index contributed by atoms with van der Waals surface area (Å²) < 4.78 is 23.8. The van der Waals surface area contributed by atoms with Gasteiger partial charge in [-0.05, 0) is 40.3 Å². The third-order valence-electron chi connectivity index (χ3n) is 7.87. The van der Waals surface area contributed by atoms with E-state index in [4.69, 9.17) is 36.1 Å². The van der Waals surface area contributed by atoms with Gasteiger partial charge in [-0.25, -0.2) is 0 Å². The molecule has 2 heterocycles. The first kappa shape index (κ1) is 33.4. The van der Waals surface area contributed by atoms with Crippen molar-refractivity contribution in [1.82, 2.24) is 16.0 Å². The molecule has 16 heteroatoms. The molecule has 234 valence electrons. The number of aliphatic hydroxyl groups is 5. The fraction of sp³-hybridized carbons (Fsp3) is 0.958. The Kier molecular flexibility index (Phi) is 12.0. The summed E-state index contributed by atoms with van der Waals surface area (Å²) in [6, 6.07) is -3.14. The van der Waals surface area contributed by atoms with Crippen LogP contribution in [0.3, 0.4) is 0 Å². The van der Waals surface area contributed by atoms with Gasteiger partial charge in [0.2, 0.25) is 0 Å². The number of ether oxygens (including phenoxy) is 4. The second-order valence-corrected chi connectivity index (χ2v) is 11.2. The van der Waals surface area contributed by atoms with Gasteiger partial charge < -0.3 is 77.6 Å². The molecule has 0 spiro atoms. The lowest BCUT2D eigenvalue weighted by atomic mass is 9.83. The predicted molar refractivity (Wildman–Crippen MR) is 140 cm³/mol. The molecular formula is C24H48N6O10. The maximum absolute atomic E-state index is 12.7. The number of likely N-dealkylation sites (N-methyl/N-ethyl adjacent to an activating group) is 2. The standard InChI is InChI=1S/C24H48N6O10/c1-24(36)9-37-23(17(34)20(24)29-3)40-19-13(30-21(35)15(32)14(31)7-25)6-12(27)18(16(19)33)39-22-11(26)5-4-10(38-22)8-28-2/h10-20,22-23,28-29,31-34,36H,4-9,25-27H2,1-3H3,(H,30,35)/t10-,11+,12-,13+,14+,15-,16+,17+,18+,19-,20+,22+,23+,24-/m0/s1. The average molecular weight is 581 g/mol. The number of amides is 1. The number of hydrogen-bond donors (Lipinski definition) is 11. The topological polar surface area (TPSA) is 269 Å². The summed E-state index contributed by atoms with van der Waals surface area (Å²) in [5.74, 6) is -0.955. The Balaban J connectivity index is 1.82. The van der Waals surface area contributed by atoms with Crippen LogP contribution in [0.5, 0.6) is 0 Å². The maximum atomic E-state index is 12.7. The smallest absolute Gasteiger partial charge is 0.251 e. The summed E-state index contributed by atoms with van der Waals surface area (Å²) in [6.45, 7) is 1.52. The van der Waals surface area contributed by atoms with E-state index in [-0.39, 0.29) is 25.7 Å². The summed E-state index contributed by atoms with van der Waals surface area (Å²) in [4.78, 5) is 12.7. The molecule has 3 rings (SSSR count). The van der Waals surface area contributed by atoms with Gasteiger partial charge in [0, 0.05) is 19.1 Å². The van der Waals surface area contributed by atoms with Crippen LogP contribution in [0.1, 0.15) is 26.2 Å². The van der Waals surface area contributed by atoms with Gasteiger partial charge in [0.15, 0.2) is 18.7 Å². The molecule has 1 aliphatic carbocycles. The molecule has 14 atom stereocenters. The van der Waals surface area contributed by atoms with Gasteiger partial charge >= 0.3 is 0 Å². The van der Waals surface area contributed by atoms with E-state index in [2.05, 4.69) is 16.0 Å². The van der Waals surface area contributed by atoms with E-state index in [1.165, 1.54) is 6.92 Å². The van der Waals surface area contributed by atoms with Crippen LogP contribution < -0.4 is 33.2 Å².